The highest BCUT2D eigenvalue weighted by Gasteiger charge is 2.34. The lowest BCUT2D eigenvalue weighted by molar-refractivity contribution is -0.128. The number of nitrogens with one attached hydrogen (secondary N) is 1. The third-order valence-corrected chi connectivity index (χ3v) is 7.16. The molecule has 36 heavy (non-hydrogen) atoms. The Morgan fingerprint density at radius 1 is 1.22 bits per heavy atom. The fraction of sp³-hybridized carbons (Fsp3) is 0.308. The van der Waals surface area contributed by atoms with Crippen molar-refractivity contribution in [2.45, 2.75) is 32.5 Å². The smallest absolute Gasteiger partial charge is 0.350 e. The minimum Gasteiger partial charge on any atom is -0.489 e. The number of aromatic nitrogens is 4. The summed E-state index contributed by atoms with van der Waals surface area (Å²) in [5.74, 6) is 0.433. The molecule has 0 aliphatic carbocycles. The van der Waals surface area contributed by atoms with Crippen molar-refractivity contribution in [2.24, 2.45) is 0 Å². The second kappa shape index (κ2) is 8.18. The first-order chi connectivity index (χ1) is 17.4. The Morgan fingerprint density at radius 3 is 2.86 bits per heavy atom. The highest BCUT2D eigenvalue weighted by Crippen LogP contribution is 2.43. The van der Waals surface area contributed by atoms with Crippen molar-refractivity contribution < 1.29 is 13.9 Å². The van der Waals surface area contributed by atoms with Gasteiger partial charge in [-0.3, -0.25) is 9.36 Å². The summed E-state index contributed by atoms with van der Waals surface area (Å²) in [6.45, 7) is 9.18. The number of carbonyl (C=O) groups excluding carboxylic acids is 1. The zero-order chi connectivity index (χ0) is 25.1. The van der Waals surface area contributed by atoms with E-state index < -0.39 is 5.82 Å². The van der Waals surface area contributed by atoms with E-state index in [1.807, 2.05) is 19.9 Å². The van der Waals surface area contributed by atoms with E-state index in [0.717, 1.165) is 5.39 Å². The number of piperazine rings is 1. The number of imidazole rings is 1. The van der Waals surface area contributed by atoms with Crippen LogP contribution in [-0.4, -0.2) is 62.1 Å². The molecule has 0 saturated carbocycles. The second-order valence-electron chi connectivity index (χ2n) is 9.32. The SMILES string of the molecule is C=CC(=O)N1C[C@H](C)N(c2nc(=O)n3c4c(c(-c5c(F)ccc6[nH]cnc56)ccc24)OCC3)C[C@H]1C. The minimum atomic E-state index is -0.423. The highest BCUT2D eigenvalue weighted by molar-refractivity contribution is 6.03. The Balaban J connectivity index is 1.55. The van der Waals surface area contributed by atoms with Gasteiger partial charge in [0.1, 0.15) is 18.2 Å². The zero-order valence-electron chi connectivity index (χ0n) is 20.0. The van der Waals surface area contributed by atoms with Crippen LogP contribution in [0.1, 0.15) is 13.8 Å². The molecule has 2 aliphatic rings. The Bertz CT molecular complexity index is 1610. The molecule has 6 rings (SSSR count). The van der Waals surface area contributed by atoms with Crippen molar-refractivity contribution in [1.29, 1.82) is 0 Å². The first kappa shape index (κ1) is 22.3. The number of carbonyl (C=O) groups is 1. The summed E-state index contributed by atoms with van der Waals surface area (Å²) in [6.07, 6.45) is 2.85. The Morgan fingerprint density at radius 2 is 2.06 bits per heavy atom. The fourth-order valence-electron chi connectivity index (χ4n) is 5.42. The van der Waals surface area contributed by atoms with E-state index >= 15 is 4.39 Å². The second-order valence-corrected chi connectivity index (χ2v) is 9.32. The standard InChI is InChI=1S/C26H25FN6O3/c1-4-20(34)32-11-15(3)33(12-14(32)2)25-17-6-5-16(21-18(27)7-8-19-22(21)29-13-28-19)24-23(17)31(9-10-36-24)26(35)30-25/h4-8,13-15H,1,9-12H2,2-3H3,(H,28,29)/t14-,15+/m1/s1. The van der Waals surface area contributed by atoms with Crippen LogP contribution in [0.4, 0.5) is 10.2 Å². The van der Waals surface area contributed by atoms with E-state index in [-0.39, 0.29) is 30.3 Å². The molecule has 10 heteroatoms. The molecule has 2 atom stereocenters. The summed E-state index contributed by atoms with van der Waals surface area (Å²) < 4.78 is 22.8. The van der Waals surface area contributed by atoms with E-state index in [0.29, 0.717) is 58.9 Å². The fourth-order valence-corrected chi connectivity index (χ4v) is 5.42. The normalized spacial score (nSPS) is 19.5. The van der Waals surface area contributed by atoms with Gasteiger partial charge in [0.2, 0.25) is 5.91 Å². The highest BCUT2D eigenvalue weighted by atomic mass is 19.1. The molecular weight excluding hydrogens is 463 g/mol. The van der Waals surface area contributed by atoms with Crippen molar-refractivity contribution in [3.05, 3.63) is 59.5 Å². The first-order valence-electron chi connectivity index (χ1n) is 11.9. The van der Waals surface area contributed by atoms with Crippen LogP contribution in [0.2, 0.25) is 0 Å². The number of fused-ring (bicyclic) bond motifs is 1. The van der Waals surface area contributed by atoms with Crippen molar-refractivity contribution in [2.75, 3.05) is 24.6 Å². The van der Waals surface area contributed by atoms with Crippen LogP contribution in [-0.2, 0) is 11.3 Å². The zero-order valence-corrected chi connectivity index (χ0v) is 20.0. The van der Waals surface area contributed by atoms with Gasteiger partial charge in [0.15, 0.2) is 5.75 Å². The quantitative estimate of drug-likeness (QED) is 0.446. The average molecular weight is 489 g/mol. The molecule has 1 saturated heterocycles. The number of H-pyrrole nitrogens is 1. The number of nitrogens with zero attached hydrogens (tertiary/aromatic N) is 5. The summed E-state index contributed by atoms with van der Waals surface area (Å²) in [7, 11) is 0. The number of ether oxygens (including phenoxy) is 1. The summed E-state index contributed by atoms with van der Waals surface area (Å²) in [5, 5.41) is 0.741. The maximum atomic E-state index is 15.2. The number of halogens is 1. The van der Waals surface area contributed by atoms with Gasteiger partial charge in [-0.1, -0.05) is 6.58 Å². The van der Waals surface area contributed by atoms with Gasteiger partial charge in [-0.25, -0.2) is 14.2 Å². The molecule has 9 nitrogen and oxygen atoms in total. The molecule has 4 aromatic rings. The van der Waals surface area contributed by atoms with E-state index in [9.17, 15) is 9.59 Å². The molecule has 2 aromatic carbocycles. The minimum absolute atomic E-state index is 0.0849. The topological polar surface area (TPSA) is 96.4 Å². The number of aromatic amines is 1. The molecule has 0 unspecified atom stereocenters. The molecule has 0 radical (unpaired) electrons. The predicted molar refractivity (Wildman–Crippen MR) is 135 cm³/mol. The molecule has 184 valence electrons. The van der Waals surface area contributed by atoms with Crippen molar-refractivity contribution >= 4 is 33.7 Å². The molecule has 1 amide bonds. The van der Waals surface area contributed by atoms with Crippen LogP contribution in [0, 0.1) is 5.82 Å². The number of anilines is 1. The largest absolute Gasteiger partial charge is 0.489 e. The Kier molecular flexibility index (Phi) is 5.06. The van der Waals surface area contributed by atoms with E-state index in [1.54, 1.807) is 21.6 Å². The summed E-state index contributed by atoms with van der Waals surface area (Å²) in [5.41, 5.74) is 2.26. The molecule has 1 N–H and O–H groups in total. The average Bonchev–Trinajstić information content (AvgIpc) is 3.36. The van der Waals surface area contributed by atoms with Crippen LogP contribution in [0.5, 0.6) is 5.75 Å². The van der Waals surface area contributed by atoms with Crippen molar-refractivity contribution in [1.82, 2.24) is 24.4 Å². The van der Waals surface area contributed by atoms with Gasteiger partial charge in [0.25, 0.3) is 0 Å². The molecule has 1 fully saturated rings. The van der Waals surface area contributed by atoms with Gasteiger partial charge >= 0.3 is 5.69 Å². The third kappa shape index (κ3) is 3.20. The van der Waals surface area contributed by atoms with Crippen LogP contribution >= 0.6 is 0 Å². The van der Waals surface area contributed by atoms with E-state index in [1.165, 1.54) is 18.5 Å². The number of benzene rings is 2. The van der Waals surface area contributed by atoms with Gasteiger partial charge in [0, 0.05) is 41.7 Å². The summed E-state index contributed by atoms with van der Waals surface area (Å²) in [6, 6.07) is 6.53. The lowest BCUT2D eigenvalue weighted by Crippen LogP contribution is -2.58. The monoisotopic (exact) mass is 488 g/mol. The molecule has 2 aromatic heterocycles. The Labute approximate surface area is 205 Å². The first-order valence-corrected chi connectivity index (χ1v) is 11.9. The van der Waals surface area contributed by atoms with Gasteiger partial charge in [-0.05, 0) is 44.2 Å². The Hall–Kier alpha value is -4.21. The van der Waals surface area contributed by atoms with E-state index in [2.05, 4.69) is 26.4 Å². The predicted octanol–water partition coefficient (Wildman–Crippen LogP) is 3.08. The summed E-state index contributed by atoms with van der Waals surface area (Å²) in [4.78, 5) is 41.2. The molecule has 0 bridgehead atoms. The third-order valence-electron chi connectivity index (χ3n) is 7.16. The maximum absolute atomic E-state index is 15.2. The molecule has 2 aliphatic heterocycles. The van der Waals surface area contributed by atoms with Crippen LogP contribution < -0.4 is 15.3 Å². The van der Waals surface area contributed by atoms with Crippen molar-refractivity contribution in [3.8, 4) is 16.9 Å². The number of hydrogen-bond donors (Lipinski definition) is 1. The van der Waals surface area contributed by atoms with Crippen LogP contribution in [0.25, 0.3) is 33.1 Å². The molecular formula is C26H25FN6O3. The number of rotatable bonds is 3. The number of hydrogen-bond acceptors (Lipinski definition) is 6. The van der Waals surface area contributed by atoms with Gasteiger partial charge < -0.3 is 19.5 Å². The lowest BCUT2D eigenvalue weighted by atomic mass is 9.99. The van der Waals surface area contributed by atoms with Gasteiger partial charge in [-0.2, -0.15) is 4.98 Å². The lowest BCUT2D eigenvalue weighted by Gasteiger charge is -2.44. The van der Waals surface area contributed by atoms with Crippen molar-refractivity contribution in [3.63, 3.8) is 0 Å². The van der Waals surface area contributed by atoms with E-state index in [4.69, 9.17) is 4.74 Å². The van der Waals surface area contributed by atoms with Gasteiger partial charge in [-0.15, -0.1) is 0 Å². The molecule has 4 heterocycles. The number of amides is 1. The molecule has 0 spiro atoms. The van der Waals surface area contributed by atoms with Crippen LogP contribution in [0.3, 0.4) is 0 Å². The summed E-state index contributed by atoms with van der Waals surface area (Å²) >= 11 is 0. The van der Waals surface area contributed by atoms with Crippen LogP contribution in [0.15, 0.2) is 48.0 Å². The van der Waals surface area contributed by atoms with Gasteiger partial charge in [0.05, 0.1) is 29.4 Å². The maximum Gasteiger partial charge on any atom is 0.350 e.